The highest BCUT2D eigenvalue weighted by atomic mass is 35.5. The van der Waals surface area contributed by atoms with E-state index in [1.165, 1.54) is 22.9 Å². The summed E-state index contributed by atoms with van der Waals surface area (Å²) >= 11 is 6.24. The van der Waals surface area contributed by atoms with Gasteiger partial charge in [-0.25, -0.2) is 9.07 Å². The lowest BCUT2D eigenvalue weighted by atomic mass is 9.70. The molecule has 2 aromatic rings. The fraction of sp³-hybridized carbons (Fsp3) is 0.500. The Labute approximate surface area is 139 Å². The van der Waals surface area contributed by atoms with E-state index in [1.54, 1.807) is 0 Å². The molecule has 2 atom stereocenters. The topological polar surface area (TPSA) is 26.9 Å². The molecule has 2 aliphatic rings. The summed E-state index contributed by atoms with van der Waals surface area (Å²) in [7, 11) is 1.88. The molecule has 5 heteroatoms. The molecule has 2 aliphatic carbocycles. The summed E-state index contributed by atoms with van der Waals surface area (Å²) in [6.45, 7) is 6.75. The molecule has 0 spiro atoms. The van der Waals surface area contributed by atoms with Crippen molar-refractivity contribution in [2.24, 2.45) is 12.5 Å². The molecule has 3 nitrogen and oxygen atoms in total. The average molecular weight is 335 g/mol. The molecule has 0 amide bonds. The fourth-order valence-electron chi connectivity index (χ4n) is 4.94. The van der Waals surface area contributed by atoms with Gasteiger partial charge in [-0.15, -0.1) is 0 Å². The number of nitrogens with zero attached hydrogens (tertiary/aromatic N) is 2. The molecule has 0 radical (unpaired) electrons. The SMILES string of the molecule is Cn1c2c(c(=O)n1-c1cc(F)ccc1Cl)[C@H]1CC[C@]2(C)C1(C)C. The first-order chi connectivity index (χ1) is 10.7. The minimum Gasteiger partial charge on any atom is -0.284 e. The molecule has 1 heterocycles. The molecule has 0 N–H and O–H groups in total. The second kappa shape index (κ2) is 4.29. The van der Waals surface area contributed by atoms with Gasteiger partial charge in [-0.1, -0.05) is 32.4 Å². The smallest absolute Gasteiger partial charge is 0.275 e. The van der Waals surface area contributed by atoms with E-state index in [9.17, 15) is 9.18 Å². The highest BCUT2D eigenvalue weighted by Crippen LogP contribution is 2.66. The second-order valence-corrected chi connectivity index (χ2v) is 8.05. The van der Waals surface area contributed by atoms with Crippen LogP contribution < -0.4 is 5.56 Å². The van der Waals surface area contributed by atoms with Crippen molar-refractivity contribution in [2.45, 2.75) is 44.9 Å². The van der Waals surface area contributed by atoms with Crippen LogP contribution in [0.25, 0.3) is 5.69 Å². The minimum atomic E-state index is -0.396. The number of hydrogen-bond donors (Lipinski definition) is 0. The van der Waals surface area contributed by atoms with Crippen LogP contribution in [-0.4, -0.2) is 9.36 Å². The van der Waals surface area contributed by atoms with Gasteiger partial charge in [-0.05, 0) is 36.3 Å². The molecule has 0 aliphatic heterocycles. The monoisotopic (exact) mass is 334 g/mol. The van der Waals surface area contributed by atoms with Crippen molar-refractivity contribution in [3.63, 3.8) is 0 Å². The summed E-state index contributed by atoms with van der Waals surface area (Å²) in [5.41, 5.74) is 2.37. The number of benzene rings is 1. The Balaban J connectivity index is 2.05. The summed E-state index contributed by atoms with van der Waals surface area (Å²) < 4.78 is 17.1. The van der Waals surface area contributed by atoms with Gasteiger partial charge in [0.25, 0.3) is 5.56 Å². The Morgan fingerprint density at radius 1 is 1.30 bits per heavy atom. The van der Waals surface area contributed by atoms with Gasteiger partial charge in [0.15, 0.2) is 0 Å². The largest absolute Gasteiger partial charge is 0.284 e. The molecule has 23 heavy (non-hydrogen) atoms. The maximum atomic E-state index is 13.7. The molecular formula is C18H20ClFN2O. The zero-order chi connectivity index (χ0) is 16.7. The van der Waals surface area contributed by atoms with E-state index in [2.05, 4.69) is 20.8 Å². The van der Waals surface area contributed by atoms with Crippen molar-refractivity contribution >= 4 is 11.6 Å². The molecule has 1 fully saturated rings. The molecule has 4 rings (SSSR count). The maximum absolute atomic E-state index is 13.7. The Bertz CT molecular complexity index is 895. The summed E-state index contributed by atoms with van der Waals surface area (Å²) in [5.74, 6) is -0.137. The highest BCUT2D eigenvalue weighted by Gasteiger charge is 2.62. The second-order valence-electron chi connectivity index (χ2n) is 7.64. The predicted octanol–water partition coefficient (Wildman–Crippen LogP) is 4.14. The molecule has 0 unspecified atom stereocenters. The van der Waals surface area contributed by atoms with Gasteiger partial charge in [0, 0.05) is 24.1 Å². The first-order valence-electron chi connectivity index (χ1n) is 7.98. The Morgan fingerprint density at radius 2 is 2.00 bits per heavy atom. The Hall–Kier alpha value is -1.55. The molecule has 1 aromatic heterocycles. The first kappa shape index (κ1) is 15.0. The van der Waals surface area contributed by atoms with E-state index < -0.39 is 5.82 Å². The minimum absolute atomic E-state index is 0.0358. The number of hydrogen-bond acceptors (Lipinski definition) is 1. The van der Waals surface area contributed by atoms with Crippen molar-refractivity contribution < 1.29 is 4.39 Å². The number of rotatable bonds is 1. The van der Waals surface area contributed by atoms with Gasteiger partial charge in [-0.2, -0.15) is 0 Å². The summed E-state index contributed by atoms with van der Waals surface area (Å²) in [5, 5.41) is 0.379. The van der Waals surface area contributed by atoms with Gasteiger partial charge in [-0.3, -0.25) is 9.48 Å². The van der Waals surface area contributed by atoms with Crippen LogP contribution in [0.1, 0.15) is 50.8 Å². The third kappa shape index (κ3) is 1.58. The van der Waals surface area contributed by atoms with E-state index in [4.69, 9.17) is 11.6 Å². The van der Waals surface area contributed by atoms with Gasteiger partial charge in [0.2, 0.25) is 0 Å². The lowest BCUT2D eigenvalue weighted by Crippen LogP contribution is -2.35. The highest BCUT2D eigenvalue weighted by molar-refractivity contribution is 6.32. The van der Waals surface area contributed by atoms with Gasteiger partial charge < -0.3 is 0 Å². The van der Waals surface area contributed by atoms with Crippen molar-refractivity contribution in [3.05, 3.63) is 50.7 Å². The molecule has 2 bridgehead atoms. The van der Waals surface area contributed by atoms with Crippen molar-refractivity contribution in [1.29, 1.82) is 0 Å². The van der Waals surface area contributed by atoms with Crippen LogP contribution in [0.3, 0.4) is 0 Å². The summed E-state index contributed by atoms with van der Waals surface area (Å²) in [6.07, 6.45) is 2.11. The fourth-order valence-corrected chi connectivity index (χ4v) is 5.14. The third-order valence-corrected chi connectivity index (χ3v) is 6.85. The maximum Gasteiger partial charge on any atom is 0.275 e. The van der Waals surface area contributed by atoms with Crippen molar-refractivity contribution in [3.8, 4) is 5.69 Å². The van der Waals surface area contributed by atoms with Crippen molar-refractivity contribution in [1.82, 2.24) is 9.36 Å². The zero-order valence-corrected chi connectivity index (χ0v) is 14.5. The van der Waals surface area contributed by atoms with Gasteiger partial charge in [0.05, 0.1) is 16.4 Å². The van der Waals surface area contributed by atoms with Gasteiger partial charge >= 0.3 is 0 Å². The zero-order valence-electron chi connectivity index (χ0n) is 13.8. The first-order valence-corrected chi connectivity index (χ1v) is 8.36. The lowest BCUT2D eigenvalue weighted by Gasteiger charge is -2.36. The molecule has 1 saturated carbocycles. The quantitative estimate of drug-likeness (QED) is 0.770. The van der Waals surface area contributed by atoms with Crippen LogP contribution >= 0.6 is 11.6 Å². The predicted molar refractivity (Wildman–Crippen MR) is 89.1 cm³/mol. The molecular weight excluding hydrogens is 315 g/mol. The van der Waals surface area contributed by atoms with E-state index in [1.807, 2.05) is 11.7 Å². The van der Waals surface area contributed by atoms with Crippen LogP contribution in [0.4, 0.5) is 4.39 Å². The van der Waals surface area contributed by atoms with Crippen LogP contribution in [0, 0.1) is 11.2 Å². The number of aromatic nitrogens is 2. The van der Waals surface area contributed by atoms with Gasteiger partial charge in [0.1, 0.15) is 5.82 Å². The average Bonchev–Trinajstić information content (AvgIpc) is 2.94. The number of halogens is 2. The molecule has 0 saturated heterocycles. The van der Waals surface area contributed by atoms with Crippen LogP contribution in [0.2, 0.25) is 5.02 Å². The van der Waals surface area contributed by atoms with E-state index in [-0.39, 0.29) is 22.3 Å². The standard InChI is InChI=1S/C18H20ClFN2O/c1-17(2)11-7-8-18(17,3)15-14(11)16(23)22(21(15)4)13-9-10(20)5-6-12(13)19/h5-6,9,11H,7-8H2,1-4H3/t11-,18+/m1/s1. The Morgan fingerprint density at radius 3 is 2.65 bits per heavy atom. The van der Waals surface area contributed by atoms with Crippen LogP contribution in [-0.2, 0) is 12.5 Å². The molecule has 122 valence electrons. The van der Waals surface area contributed by atoms with Crippen molar-refractivity contribution in [2.75, 3.05) is 0 Å². The Kier molecular flexibility index (Phi) is 2.80. The van der Waals surface area contributed by atoms with E-state index in [0.717, 1.165) is 24.1 Å². The number of fused-ring (bicyclic) bond motifs is 5. The third-order valence-electron chi connectivity index (χ3n) is 6.54. The molecule has 1 aromatic carbocycles. The normalized spacial score (nSPS) is 27.5. The summed E-state index contributed by atoms with van der Waals surface area (Å²) in [6, 6.07) is 4.13. The van der Waals surface area contributed by atoms with Crippen LogP contribution in [0.5, 0.6) is 0 Å². The lowest BCUT2D eigenvalue weighted by molar-refractivity contribution is 0.218. The van der Waals surface area contributed by atoms with E-state index >= 15 is 0 Å². The summed E-state index contributed by atoms with van der Waals surface area (Å²) in [4.78, 5) is 13.1. The van der Waals surface area contributed by atoms with Crippen LogP contribution in [0.15, 0.2) is 23.0 Å². The van der Waals surface area contributed by atoms with E-state index in [0.29, 0.717) is 10.7 Å².